The number of nitrogens with zero attached hydrogens (tertiary/aromatic N) is 1. The van der Waals surface area contributed by atoms with E-state index in [0.29, 0.717) is 28.4 Å². The number of halogens is 1. The Balaban J connectivity index is 1.49. The van der Waals surface area contributed by atoms with Crippen molar-refractivity contribution in [2.24, 2.45) is 0 Å². The third-order valence-electron chi connectivity index (χ3n) is 5.26. The smallest absolute Gasteiger partial charge is 0.343 e. The zero-order valence-electron chi connectivity index (χ0n) is 18.5. The quantitative estimate of drug-likeness (QED) is 0.296. The number of hydrogen-bond donors (Lipinski definition) is 1. The molecule has 7 nitrogen and oxygen atoms in total. The van der Waals surface area contributed by atoms with Crippen LogP contribution in [0.3, 0.4) is 0 Å². The number of hydrogen-bond acceptors (Lipinski definition) is 6. The van der Waals surface area contributed by atoms with Gasteiger partial charge in [0.25, 0.3) is 11.8 Å². The predicted molar refractivity (Wildman–Crippen MR) is 129 cm³/mol. The highest BCUT2D eigenvalue weighted by atomic mass is 35.5. The van der Waals surface area contributed by atoms with Gasteiger partial charge in [0, 0.05) is 5.69 Å². The third kappa shape index (κ3) is 4.51. The maximum atomic E-state index is 13.0. The summed E-state index contributed by atoms with van der Waals surface area (Å²) in [7, 11) is 1.45. The van der Waals surface area contributed by atoms with Crippen molar-refractivity contribution >= 4 is 40.8 Å². The van der Waals surface area contributed by atoms with Gasteiger partial charge in [-0.1, -0.05) is 42.8 Å². The van der Waals surface area contributed by atoms with Crippen LogP contribution in [0, 0.1) is 0 Å². The lowest BCUT2D eigenvalue weighted by molar-refractivity contribution is -0.120. The lowest BCUT2D eigenvalue weighted by Crippen LogP contribution is -2.32. The van der Waals surface area contributed by atoms with Crippen LogP contribution in [0.15, 0.2) is 83.5 Å². The molecule has 0 spiro atoms. The third-order valence-corrected chi connectivity index (χ3v) is 5.61. The second-order valence-electron chi connectivity index (χ2n) is 7.40. The first kappa shape index (κ1) is 23.1. The molecule has 0 saturated heterocycles. The number of imide groups is 1. The Morgan fingerprint density at radius 2 is 1.71 bits per heavy atom. The largest absolute Gasteiger partial charge is 0.495 e. The minimum atomic E-state index is -0.659. The van der Waals surface area contributed by atoms with E-state index >= 15 is 0 Å². The lowest BCUT2D eigenvalue weighted by Gasteiger charge is -2.17. The number of esters is 1. The van der Waals surface area contributed by atoms with Gasteiger partial charge in [-0.25, -0.2) is 9.69 Å². The van der Waals surface area contributed by atoms with Gasteiger partial charge >= 0.3 is 5.97 Å². The van der Waals surface area contributed by atoms with Crippen LogP contribution in [-0.4, -0.2) is 24.9 Å². The molecular formula is C26H21ClN2O5. The minimum absolute atomic E-state index is 0.0655. The van der Waals surface area contributed by atoms with Gasteiger partial charge in [0.05, 0.1) is 18.4 Å². The Hall–Kier alpha value is -4.10. The van der Waals surface area contributed by atoms with Crippen LogP contribution in [0.5, 0.6) is 11.5 Å². The summed E-state index contributed by atoms with van der Waals surface area (Å²) in [5.41, 5.74) is 2.09. The number of carbonyl (C=O) groups excluding carboxylic acids is 3. The molecular weight excluding hydrogens is 456 g/mol. The van der Waals surface area contributed by atoms with Crippen LogP contribution in [0.1, 0.15) is 22.8 Å². The van der Waals surface area contributed by atoms with E-state index in [2.05, 4.69) is 5.32 Å². The summed E-state index contributed by atoms with van der Waals surface area (Å²) in [6.07, 6.45) is 0.833. The van der Waals surface area contributed by atoms with Gasteiger partial charge in [0.2, 0.25) is 0 Å². The summed E-state index contributed by atoms with van der Waals surface area (Å²) < 4.78 is 10.7. The molecule has 0 saturated carbocycles. The molecule has 0 fully saturated rings. The maximum Gasteiger partial charge on any atom is 0.343 e. The van der Waals surface area contributed by atoms with Gasteiger partial charge in [-0.3, -0.25) is 9.59 Å². The first-order chi connectivity index (χ1) is 16.4. The van der Waals surface area contributed by atoms with Crippen molar-refractivity contribution in [3.63, 3.8) is 0 Å². The summed E-state index contributed by atoms with van der Waals surface area (Å²) in [5, 5.41) is 2.64. The summed E-state index contributed by atoms with van der Waals surface area (Å²) in [6.45, 7) is 2.02. The van der Waals surface area contributed by atoms with Gasteiger partial charge in [-0.05, 0) is 60.5 Å². The molecule has 1 N–H and O–H groups in total. The van der Waals surface area contributed by atoms with Gasteiger partial charge in [0.1, 0.15) is 22.2 Å². The van der Waals surface area contributed by atoms with Gasteiger partial charge < -0.3 is 14.8 Å². The monoisotopic (exact) mass is 476 g/mol. The normalized spacial score (nSPS) is 13.3. The predicted octanol–water partition coefficient (Wildman–Crippen LogP) is 4.91. The number of para-hydroxylation sites is 2. The fraction of sp³-hybridized carbons (Fsp3) is 0.115. The van der Waals surface area contributed by atoms with Crippen molar-refractivity contribution < 1.29 is 23.9 Å². The van der Waals surface area contributed by atoms with Crippen molar-refractivity contribution in [1.29, 1.82) is 0 Å². The van der Waals surface area contributed by atoms with Gasteiger partial charge in [0.15, 0.2) is 0 Å². The SMILES string of the molecule is CCc1cccc(OC(=O)c2ccc(NC3=C(Cl)C(=O)N(c4ccccc4OC)C3=O)cc2)c1. The number of amides is 2. The van der Waals surface area contributed by atoms with E-state index in [1.165, 1.54) is 7.11 Å². The molecule has 34 heavy (non-hydrogen) atoms. The topological polar surface area (TPSA) is 84.9 Å². The Bertz CT molecular complexity index is 1300. The second kappa shape index (κ2) is 9.80. The number of anilines is 2. The molecule has 0 aromatic heterocycles. The molecule has 0 bridgehead atoms. The van der Waals surface area contributed by atoms with E-state index in [1.54, 1.807) is 54.6 Å². The highest BCUT2D eigenvalue weighted by Gasteiger charge is 2.40. The van der Waals surface area contributed by atoms with Crippen molar-refractivity contribution in [3.05, 3.63) is 94.7 Å². The molecule has 172 valence electrons. The second-order valence-corrected chi connectivity index (χ2v) is 7.78. The number of benzene rings is 3. The fourth-order valence-electron chi connectivity index (χ4n) is 3.47. The van der Waals surface area contributed by atoms with Crippen LogP contribution in [0.25, 0.3) is 0 Å². The molecule has 4 rings (SSSR count). The molecule has 0 unspecified atom stereocenters. The number of nitrogens with one attached hydrogen (secondary N) is 1. The lowest BCUT2D eigenvalue weighted by atomic mass is 10.1. The fourth-order valence-corrected chi connectivity index (χ4v) is 3.69. The molecule has 2 amide bonds. The number of ether oxygens (including phenoxy) is 2. The standard InChI is InChI=1S/C26H21ClN2O5/c1-3-16-7-6-8-19(15-16)34-26(32)17-11-13-18(14-12-17)28-23-22(27)24(30)29(25(23)31)20-9-4-5-10-21(20)33-2/h4-15,28H,3H2,1-2H3. The van der Waals surface area contributed by atoms with Crippen LogP contribution in [-0.2, 0) is 16.0 Å². The maximum absolute atomic E-state index is 13.0. The Labute approximate surface area is 201 Å². The van der Waals surface area contributed by atoms with E-state index in [-0.39, 0.29) is 10.7 Å². The molecule has 1 aliphatic rings. The summed E-state index contributed by atoms with van der Waals surface area (Å²) >= 11 is 6.20. The molecule has 1 heterocycles. The number of rotatable bonds is 7. The van der Waals surface area contributed by atoms with Gasteiger partial charge in [-0.2, -0.15) is 0 Å². The van der Waals surface area contributed by atoms with Crippen LogP contribution in [0.4, 0.5) is 11.4 Å². The van der Waals surface area contributed by atoms with Crippen LogP contribution >= 0.6 is 11.6 Å². The summed E-state index contributed by atoms with van der Waals surface area (Å²) in [4.78, 5) is 39.2. The average Bonchev–Trinajstić information content (AvgIpc) is 3.07. The molecule has 3 aromatic carbocycles. The molecule has 3 aromatic rings. The minimum Gasteiger partial charge on any atom is -0.495 e. The highest BCUT2D eigenvalue weighted by molar-refractivity contribution is 6.53. The van der Waals surface area contributed by atoms with E-state index in [9.17, 15) is 14.4 Å². The van der Waals surface area contributed by atoms with E-state index in [1.807, 2.05) is 25.1 Å². The van der Waals surface area contributed by atoms with E-state index in [0.717, 1.165) is 16.9 Å². The molecule has 1 aliphatic heterocycles. The molecule has 0 aliphatic carbocycles. The first-order valence-corrected chi connectivity index (χ1v) is 10.9. The van der Waals surface area contributed by atoms with Crippen molar-refractivity contribution in [3.8, 4) is 11.5 Å². The molecule has 8 heteroatoms. The zero-order chi connectivity index (χ0) is 24.2. The Morgan fingerprint density at radius 3 is 2.41 bits per heavy atom. The van der Waals surface area contributed by atoms with Gasteiger partial charge in [-0.15, -0.1) is 0 Å². The Kier molecular flexibility index (Phi) is 6.65. The highest BCUT2D eigenvalue weighted by Crippen LogP contribution is 2.35. The summed E-state index contributed by atoms with van der Waals surface area (Å²) in [5.74, 6) is -0.948. The van der Waals surface area contributed by atoms with Crippen molar-refractivity contribution in [2.75, 3.05) is 17.3 Å². The molecule has 0 radical (unpaired) electrons. The average molecular weight is 477 g/mol. The van der Waals surface area contributed by atoms with Crippen molar-refractivity contribution in [1.82, 2.24) is 0 Å². The number of methoxy groups -OCH3 is 1. The molecule has 0 atom stereocenters. The number of aryl methyl sites for hydroxylation is 1. The van der Waals surface area contributed by atoms with Crippen molar-refractivity contribution in [2.45, 2.75) is 13.3 Å². The van der Waals surface area contributed by atoms with Crippen LogP contribution < -0.4 is 19.7 Å². The van der Waals surface area contributed by atoms with Crippen LogP contribution in [0.2, 0.25) is 0 Å². The van der Waals surface area contributed by atoms with E-state index < -0.39 is 17.8 Å². The number of carbonyl (C=O) groups is 3. The van der Waals surface area contributed by atoms with E-state index in [4.69, 9.17) is 21.1 Å². The first-order valence-electron chi connectivity index (χ1n) is 10.5. The zero-order valence-corrected chi connectivity index (χ0v) is 19.3. The Morgan fingerprint density at radius 1 is 0.971 bits per heavy atom. The summed E-state index contributed by atoms with van der Waals surface area (Å²) in [6, 6.07) is 20.3.